The van der Waals surface area contributed by atoms with Gasteiger partial charge < -0.3 is 9.88 Å². The van der Waals surface area contributed by atoms with Crippen molar-refractivity contribution in [2.45, 2.75) is 26.4 Å². The van der Waals surface area contributed by atoms with Crippen molar-refractivity contribution in [3.63, 3.8) is 0 Å². The fourth-order valence-corrected chi connectivity index (χ4v) is 2.03. The normalized spacial score (nSPS) is 10.5. The van der Waals surface area contributed by atoms with Crippen molar-refractivity contribution in [3.05, 3.63) is 41.2 Å². The van der Waals surface area contributed by atoms with Crippen LogP contribution < -0.4 is 5.32 Å². The van der Waals surface area contributed by atoms with Gasteiger partial charge >= 0.3 is 0 Å². The molecule has 0 saturated carbocycles. The summed E-state index contributed by atoms with van der Waals surface area (Å²) in [4.78, 5) is 8.51. The second-order valence-corrected chi connectivity index (χ2v) is 4.48. The maximum atomic E-state index is 4.34. The Morgan fingerprint density at radius 2 is 2.24 bits per heavy atom. The zero-order valence-corrected chi connectivity index (χ0v) is 11.3. The van der Waals surface area contributed by atoms with Crippen molar-refractivity contribution in [1.29, 1.82) is 0 Å². The van der Waals surface area contributed by atoms with E-state index >= 15 is 0 Å². The molecule has 90 valence electrons. The Kier molecular flexibility index (Phi) is 4.14. The number of aryl methyl sites for hydroxylation is 1. The van der Waals surface area contributed by atoms with Crippen LogP contribution in [-0.2, 0) is 13.1 Å². The highest BCUT2D eigenvalue weighted by Gasteiger charge is 2.03. The van der Waals surface area contributed by atoms with E-state index in [2.05, 4.69) is 42.7 Å². The van der Waals surface area contributed by atoms with Gasteiger partial charge in [0.05, 0.1) is 12.2 Å². The molecule has 0 unspecified atom stereocenters. The van der Waals surface area contributed by atoms with Crippen LogP contribution in [-0.4, -0.2) is 14.5 Å². The molecule has 17 heavy (non-hydrogen) atoms. The molecule has 5 heteroatoms. The molecule has 2 heterocycles. The van der Waals surface area contributed by atoms with Crippen molar-refractivity contribution < 1.29 is 0 Å². The van der Waals surface area contributed by atoms with Gasteiger partial charge in [-0.3, -0.25) is 0 Å². The van der Waals surface area contributed by atoms with Gasteiger partial charge in [-0.15, -0.1) is 0 Å². The Morgan fingerprint density at radius 3 is 3.00 bits per heavy atom. The lowest BCUT2D eigenvalue weighted by atomic mass is 10.4. The van der Waals surface area contributed by atoms with Gasteiger partial charge in [0, 0.05) is 25.1 Å². The Balaban J connectivity index is 2.02. The third-order valence-electron chi connectivity index (χ3n) is 2.46. The second-order valence-electron chi connectivity index (χ2n) is 3.73. The molecule has 0 spiro atoms. The zero-order chi connectivity index (χ0) is 12.1. The van der Waals surface area contributed by atoms with E-state index in [0.717, 1.165) is 29.1 Å². The molecular formula is C12H15BrN4. The van der Waals surface area contributed by atoms with Gasteiger partial charge in [0.15, 0.2) is 0 Å². The monoisotopic (exact) mass is 294 g/mol. The zero-order valence-electron chi connectivity index (χ0n) is 9.73. The van der Waals surface area contributed by atoms with Crippen LogP contribution >= 0.6 is 15.9 Å². The van der Waals surface area contributed by atoms with Gasteiger partial charge in [0.1, 0.15) is 10.4 Å². The molecule has 4 nitrogen and oxygen atoms in total. The SMILES string of the molecule is CCCn1ccnc1CNc1cccnc1Br. The molecule has 2 aromatic heterocycles. The highest BCUT2D eigenvalue weighted by Crippen LogP contribution is 2.18. The summed E-state index contributed by atoms with van der Waals surface area (Å²) in [6.07, 6.45) is 6.72. The average molecular weight is 295 g/mol. The molecule has 0 fully saturated rings. The Bertz CT molecular complexity index is 481. The Morgan fingerprint density at radius 1 is 1.35 bits per heavy atom. The largest absolute Gasteiger partial charge is 0.376 e. The molecular weight excluding hydrogens is 280 g/mol. The maximum absolute atomic E-state index is 4.34. The smallest absolute Gasteiger partial charge is 0.129 e. The van der Waals surface area contributed by atoms with Crippen LogP contribution in [0.4, 0.5) is 5.69 Å². The summed E-state index contributed by atoms with van der Waals surface area (Å²) in [5.41, 5.74) is 0.985. The molecule has 0 radical (unpaired) electrons. The lowest BCUT2D eigenvalue weighted by Crippen LogP contribution is -2.08. The molecule has 0 aliphatic carbocycles. The number of hydrogen-bond acceptors (Lipinski definition) is 3. The summed E-state index contributed by atoms with van der Waals surface area (Å²) in [6, 6.07) is 3.90. The summed E-state index contributed by atoms with van der Waals surface area (Å²) in [5, 5.41) is 3.32. The molecule has 1 N–H and O–H groups in total. The van der Waals surface area contributed by atoms with Crippen LogP contribution in [0.15, 0.2) is 35.3 Å². The number of imidazole rings is 1. The predicted octanol–water partition coefficient (Wildman–Crippen LogP) is 3.06. The maximum Gasteiger partial charge on any atom is 0.129 e. The summed E-state index contributed by atoms with van der Waals surface area (Å²) in [5.74, 6) is 1.04. The van der Waals surface area contributed by atoms with E-state index in [9.17, 15) is 0 Å². The van der Waals surface area contributed by atoms with Crippen LogP contribution in [0.2, 0.25) is 0 Å². The van der Waals surface area contributed by atoms with Crippen LogP contribution in [0, 0.1) is 0 Å². The van der Waals surface area contributed by atoms with Crippen LogP contribution in [0.5, 0.6) is 0 Å². The Hall–Kier alpha value is -1.36. The number of nitrogens with one attached hydrogen (secondary N) is 1. The van der Waals surface area contributed by atoms with E-state index in [0.29, 0.717) is 6.54 Å². The minimum absolute atomic E-state index is 0.706. The first kappa shape index (κ1) is 12.1. The number of pyridine rings is 1. The molecule has 2 aromatic rings. The quantitative estimate of drug-likeness (QED) is 0.862. The highest BCUT2D eigenvalue weighted by atomic mass is 79.9. The highest BCUT2D eigenvalue weighted by molar-refractivity contribution is 9.10. The average Bonchev–Trinajstić information content (AvgIpc) is 2.76. The standard InChI is InChI=1S/C12H15BrN4/c1-2-7-17-8-6-14-11(17)9-16-10-4-3-5-15-12(10)13/h3-6,8,16H,2,7,9H2,1H3. The number of nitrogens with zero attached hydrogens (tertiary/aromatic N) is 3. The molecule has 0 saturated heterocycles. The number of anilines is 1. The van der Waals surface area contributed by atoms with Gasteiger partial charge in [0.25, 0.3) is 0 Å². The van der Waals surface area contributed by atoms with Crippen molar-refractivity contribution >= 4 is 21.6 Å². The van der Waals surface area contributed by atoms with E-state index in [1.54, 1.807) is 6.20 Å². The summed E-state index contributed by atoms with van der Waals surface area (Å²) >= 11 is 3.41. The molecule has 0 aromatic carbocycles. The summed E-state index contributed by atoms with van der Waals surface area (Å²) in [7, 11) is 0. The minimum atomic E-state index is 0.706. The van der Waals surface area contributed by atoms with Crippen molar-refractivity contribution in [2.24, 2.45) is 0 Å². The van der Waals surface area contributed by atoms with Gasteiger partial charge in [-0.1, -0.05) is 6.92 Å². The summed E-state index contributed by atoms with van der Waals surface area (Å²) in [6.45, 7) is 3.87. The first-order chi connectivity index (χ1) is 8.31. The van der Waals surface area contributed by atoms with Crippen LogP contribution in [0.25, 0.3) is 0 Å². The third-order valence-corrected chi connectivity index (χ3v) is 3.09. The van der Waals surface area contributed by atoms with Gasteiger partial charge in [-0.05, 0) is 34.5 Å². The Labute approximate surface area is 109 Å². The van der Waals surface area contributed by atoms with E-state index < -0.39 is 0 Å². The second kappa shape index (κ2) is 5.82. The van der Waals surface area contributed by atoms with Gasteiger partial charge in [-0.2, -0.15) is 0 Å². The minimum Gasteiger partial charge on any atom is -0.376 e. The third kappa shape index (κ3) is 3.06. The lowest BCUT2D eigenvalue weighted by molar-refractivity contribution is 0.644. The van der Waals surface area contributed by atoms with Crippen molar-refractivity contribution in [3.8, 4) is 0 Å². The number of aromatic nitrogens is 3. The number of hydrogen-bond donors (Lipinski definition) is 1. The first-order valence-corrected chi connectivity index (χ1v) is 6.45. The van der Waals surface area contributed by atoms with Gasteiger partial charge in [0.2, 0.25) is 0 Å². The molecule has 0 aliphatic rings. The number of rotatable bonds is 5. The fourth-order valence-electron chi connectivity index (χ4n) is 1.64. The molecule has 0 amide bonds. The molecule has 2 rings (SSSR count). The number of halogens is 1. The van der Waals surface area contributed by atoms with E-state index in [1.165, 1.54) is 0 Å². The fraction of sp³-hybridized carbons (Fsp3) is 0.333. The first-order valence-electron chi connectivity index (χ1n) is 5.65. The van der Waals surface area contributed by atoms with Crippen molar-refractivity contribution in [2.75, 3.05) is 5.32 Å². The van der Waals surface area contributed by atoms with Crippen molar-refractivity contribution in [1.82, 2.24) is 14.5 Å². The molecule has 0 bridgehead atoms. The summed E-state index contributed by atoms with van der Waals surface area (Å²) < 4.78 is 2.99. The predicted molar refractivity (Wildman–Crippen MR) is 71.8 cm³/mol. The lowest BCUT2D eigenvalue weighted by Gasteiger charge is -2.09. The van der Waals surface area contributed by atoms with E-state index in [-0.39, 0.29) is 0 Å². The van der Waals surface area contributed by atoms with Gasteiger partial charge in [-0.25, -0.2) is 9.97 Å². The van der Waals surface area contributed by atoms with Crippen LogP contribution in [0.1, 0.15) is 19.2 Å². The topological polar surface area (TPSA) is 42.7 Å². The van der Waals surface area contributed by atoms with E-state index in [4.69, 9.17) is 0 Å². The molecule has 0 aliphatic heterocycles. The molecule has 0 atom stereocenters. The van der Waals surface area contributed by atoms with Crippen LogP contribution in [0.3, 0.4) is 0 Å². The van der Waals surface area contributed by atoms with E-state index in [1.807, 2.05) is 24.5 Å².